The molecular weight excluding hydrogens is 443 g/mol. The average Bonchev–Trinajstić information content (AvgIpc) is 2.86. The first-order chi connectivity index (χ1) is 15.9. The SMILES string of the molecule is COP(=O)(OC)C(=Cc1ccc(OCc2ccccc2)c(OCc2ccccc2)c1)C(=O)O. The fourth-order valence-corrected chi connectivity index (χ4v) is 4.09. The molecule has 0 aliphatic heterocycles. The molecule has 8 heteroatoms. The molecule has 0 spiro atoms. The molecule has 0 aliphatic rings. The van der Waals surface area contributed by atoms with Crippen LogP contribution in [0.4, 0.5) is 0 Å². The van der Waals surface area contributed by atoms with Gasteiger partial charge in [-0.15, -0.1) is 0 Å². The van der Waals surface area contributed by atoms with Gasteiger partial charge in [0.05, 0.1) is 0 Å². The standard InChI is InChI=1S/C25H25O7P/c1-29-33(28,30-2)24(25(26)27)16-21-13-14-22(31-17-19-9-5-3-6-10-19)23(15-21)32-18-20-11-7-4-8-12-20/h3-16H,17-18H2,1-2H3,(H,26,27). The summed E-state index contributed by atoms with van der Waals surface area (Å²) in [5, 5.41) is 9.08. The van der Waals surface area contributed by atoms with Crippen LogP contribution in [0.1, 0.15) is 16.7 Å². The quantitative estimate of drug-likeness (QED) is 0.283. The molecule has 0 amide bonds. The lowest BCUT2D eigenvalue weighted by Crippen LogP contribution is -2.05. The fraction of sp³-hybridized carbons (Fsp3) is 0.160. The zero-order chi connectivity index (χ0) is 23.7. The smallest absolute Gasteiger partial charge is 0.368 e. The van der Waals surface area contributed by atoms with E-state index in [4.69, 9.17) is 18.5 Å². The van der Waals surface area contributed by atoms with Crippen LogP contribution in [0.2, 0.25) is 0 Å². The van der Waals surface area contributed by atoms with Gasteiger partial charge in [-0.3, -0.25) is 4.57 Å². The number of benzene rings is 3. The van der Waals surface area contributed by atoms with E-state index in [9.17, 15) is 14.5 Å². The van der Waals surface area contributed by atoms with Crippen molar-refractivity contribution in [3.05, 3.63) is 101 Å². The van der Waals surface area contributed by atoms with Crippen molar-refractivity contribution in [2.45, 2.75) is 13.2 Å². The van der Waals surface area contributed by atoms with Gasteiger partial charge in [0.25, 0.3) is 0 Å². The maximum Gasteiger partial charge on any atom is 0.368 e. The van der Waals surface area contributed by atoms with Crippen molar-refractivity contribution in [2.75, 3.05) is 14.2 Å². The molecule has 0 atom stereocenters. The van der Waals surface area contributed by atoms with Crippen molar-refractivity contribution in [3.63, 3.8) is 0 Å². The third kappa shape index (κ3) is 6.56. The van der Waals surface area contributed by atoms with Crippen LogP contribution in [0, 0.1) is 0 Å². The molecule has 0 fully saturated rings. The average molecular weight is 468 g/mol. The van der Waals surface area contributed by atoms with E-state index in [0.717, 1.165) is 25.3 Å². The Morgan fingerprint density at radius 1 is 0.818 bits per heavy atom. The second-order valence-corrected chi connectivity index (χ2v) is 9.16. The van der Waals surface area contributed by atoms with E-state index < -0.39 is 18.9 Å². The second-order valence-electron chi connectivity index (χ2n) is 6.95. The first-order valence-electron chi connectivity index (χ1n) is 10.1. The molecule has 3 aromatic rings. The summed E-state index contributed by atoms with van der Waals surface area (Å²) in [5.74, 6) is -0.499. The number of hydrogen-bond donors (Lipinski definition) is 1. The molecule has 0 radical (unpaired) electrons. The van der Waals surface area contributed by atoms with Gasteiger partial charge in [-0.1, -0.05) is 66.7 Å². The lowest BCUT2D eigenvalue weighted by atomic mass is 10.1. The van der Waals surface area contributed by atoms with E-state index in [-0.39, 0.29) is 6.61 Å². The normalized spacial score (nSPS) is 11.8. The molecule has 172 valence electrons. The Labute approximate surface area is 192 Å². The van der Waals surface area contributed by atoms with Crippen LogP contribution in [0.15, 0.2) is 84.2 Å². The Bertz CT molecular complexity index is 1140. The Balaban J connectivity index is 1.93. The molecule has 0 aromatic heterocycles. The van der Waals surface area contributed by atoms with Crippen LogP contribution >= 0.6 is 7.60 Å². The van der Waals surface area contributed by atoms with Gasteiger partial charge in [0.1, 0.15) is 18.5 Å². The Hall–Kier alpha value is -3.38. The number of rotatable bonds is 11. The Morgan fingerprint density at radius 3 is 1.82 bits per heavy atom. The highest BCUT2D eigenvalue weighted by atomic mass is 31.2. The van der Waals surface area contributed by atoms with E-state index in [2.05, 4.69) is 0 Å². The van der Waals surface area contributed by atoms with E-state index in [1.54, 1.807) is 18.2 Å². The van der Waals surface area contributed by atoms with E-state index >= 15 is 0 Å². The van der Waals surface area contributed by atoms with Gasteiger partial charge in [0, 0.05) is 14.2 Å². The lowest BCUT2D eigenvalue weighted by molar-refractivity contribution is -0.131. The van der Waals surface area contributed by atoms with Crippen LogP contribution in [0.25, 0.3) is 6.08 Å². The number of carboxylic acids is 1. The summed E-state index contributed by atoms with van der Waals surface area (Å²) in [6.07, 6.45) is 1.24. The van der Waals surface area contributed by atoms with Crippen molar-refractivity contribution in [2.24, 2.45) is 0 Å². The number of hydrogen-bond acceptors (Lipinski definition) is 6. The van der Waals surface area contributed by atoms with Crippen LogP contribution < -0.4 is 9.47 Å². The number of aliphatic carboxylic acids is 1. The topological polar surface area (TPSA) is 91.3 Å². The molecule has 0 unspecified atom stereocenters. The summed E-state index contributed by atoms with van der Waals surface area (Å²) in [4.78, 5) is 11.7. The Kier molecular flexibility index (Phi) is 8.44. The van der Waals surface area contributed by atoms with Gasteiger partial charge in [0.2, 0.25) is 0 Å². The summed E-state index contributed by atoms with van der Waals surface area (Å²) in [6, 6.07) is 24.3. The van der Waals surface area contributed by atoms with E-state index in [0.29, 0.717) is 23.7 Å². The van der Waals surface area contributed by atoms with Gasteiger partial charge in [-0.2, -0.15) is 0 Å². The van der Waals surface area contributed by atoms with Gasteiger partial charge in [0.15, 0.2) is 11.5 Å². The third-order valence-corrected chi connectivity index (χ3v) is 6.61. The molecule has 3 aromatic carbocycles. The zero-order valence-electron chi connectivity index (χ0n) is 18.3. The molecule has 0 saturated carbocycles. The predicted octanol–water partition coefficient (Wildman–Crippen LogP) is 5.76. The minimum absolute atomic E-state index is 0.288. The molecule has 0 bridgehead atoms. The highest BCUT2D eigenvalue weighted by Crippen LogP contribution is 2.55. The van der Waals surface area contributed by atoms with E-state index in [1.165, 1.54) is 6.08 Å². The highest BCUT2D eigenvalue weighted by molar-refractivity contribution is 7.60. The number of ether oxygens (including phenoxy) is 2. The minimum atomic E-state index is -3.97. The largest absolute Gasteiger partial charge is 0.485 e. The number of carboxylic acid groups (broad SMARTS) is 1. The lowest BCUT2D eigenvalue weighted by Gasteiger charge is -2.16. The zero-order valence-corrected chi connectivity index (χ0v) is 19.2. The summed E-state index contributed by atoms with van der Waals surface area (Å²) in [7, 11) is -1.70. The molecule has 1 N–H and O–H groups in total. The maximum atomic E-state index is 12.7. The predicted molar refractivity (Wildman–Crippen MR) is 125 cm³/mol. The summed E-state index contributed by atoms with van der Waals surface area (Å²) < 4.78 is 34.3. The maximum absolute atomic E-state index is 12.7. The van der Waals surface area contributed by atoms with Crippen molar-refractivity contribution < 1.29 is 33.0 Å². The first kappa shape index (κ1) is 24.3. The van der Waals surface area contributed by atoms with Crippen molar-refractivity contribution >= 4 is 19.6 Å². The second kappa shape index (κ2) is 11.5. The van der Waals surface area contributed by atoms with Crippen LogP contribution in [-0.4, -0.2) is 25.3 Å². The molecule has 33 heavy (non-hydrogen) atoms. The highest BCUT2D eigenvalue weighted by Gasteiger charge is 2.33. The van der Waals surface area contributed by atoms with Crippen molar-refractivity contribution in [3.8, 4) is 11.5 Å². The van der Waals surface area contributed by atoms with Gasteiger partial charge in [-0.05, 0) is 34.9 Å². The number of carbonyl (C=O) groups is 1. The van der Waals surface area contributed by atoms with Crippen molar-refractivity contribution in [1.82, 2.24) is 0 Å². The molecular formula is C25H25O7P. The Morgan fingerprint density at radius 2 is 1.33 bits per heavy atom. The molecule has 0 aliphatic carbocycles. The van der Waals surface area contributed by atoms with Crippen molar-refractivity contribution in [1.29, 1.82) is 0 Å². The summed E-state index contributed by atoms with van der Waals surface area (Å²) in [6.45, 7) is 0.622. The third-order valence-electron chi connectivity index (χ3n) is 4.74. The summed E-state index contributed by atoms with van der Waals surface area (Å²) in [5.41, 5.74) is 2.39. The monoisotopic (exact) mass is 468 g/mol. The van der Waals surface area contributed by atoms with Crippen LogP contribution in [0.5, 0.6) is 11.5 Å². The molecule has 0 saturated heterocycles. The van der Waals surface area contributed by atoms with Gasteiger partial charge < -0.3 is 23.6 Å². The van der Waals surface area contributed by atoms with Gasteiger partial charge >= 0.3 is 13.6 Å². The molecule has 7 nitrogen and oxygen atoms in total. The first-order valence-corrected chi connectivity index (χ1v) is 11.6. The minimum Gasteiger partial charge on any atom is -0.485 e. The van der Waals surface area contributed by atoms with Gasteiger partial charge in [-0.25, -0.2) is 4.79 Å². The van der Waals surface area contributed by atoms with E-state index in [1.807, 2.05) is 60.7 Å². The fourth-order valence-electron chi connectivity index (χ4n) is 3.00. The van der Waals surface area contributed by atoms with Crippen LogP contribution in [0.3, 0.4) is 0 Å². The van der Waals surface area contributed by atoms with Crippen LogP contribution in [-0.2, 0) is 31.6 Å². The molecule has 3 rings (SSSR count). The summed E-state index contributed by atoms with van der Waals surface area (Å²) >= 11 is 0. The molecule has 0 heterocycles.